The lowest BCUT2D eigenvalue weighted by Crippen LogP contribution is -2.43. The lowest BCUT2D eigenvalue weighted by molar-refractivity contribution is -0.119. The maximum absolute atomic E-state index is 13.5. The maximum atomic E-state index is 13.5. The number of benzene rings is 1. The fraction of sp³-hybridized carbons (Fsp3) is 0.500. The molecule has 1 aliphatic heterocycles. The number of nitrogens with one attached hydrogen (secondary N) is 1. The van der Waals surface area contributed by atoms with Crippen LogP contribution < -0.4 is 10.5 Å². The molecule has 0 aromatic heterocycles. The molecular weight excluding hydrogens is 309 g/mol. The number of nitrogens with two attached hydrogens (primary N) is 1. The Balaban J connectivity index is 2.03. The smallest absolute Gasteiger partial charge is 0.240 e. The van der Waals surface area contributed by atoms with Crippen LogP contribution in [0, 0.1) is 6.92 Å². The summed E-state index contributed by atoms with van der Waals surface area (Å²) in [6.07, 6.45) is -0.892. The minimum Gasteiger partial charge on any atom is -0.369 e. The molecule has 0 aliphatic carbocycles. The highest BCUT2D eigenvalue weighted by Gasteiger charge is 2.33. The van der Waals surface area contributed by atoms with E-state index in [1.54, 1.807) is 30.0 Å². The van der Waals surface area contributed by atoms with E-state index in [2.05, 4.69) is 4.72 Å². The van der Waals surface area contributed by atoms with Crippen LogP contribution in [0.5, 0.6) is 0 Å². The first-order chi connectivity index (χ1) is 10.3. The normalized spacial score (nSPS) is 22.8. The van der Waals surface area contributed by atoms with Gasteiger partial charge in [0.15, 0.2) is 0 Å². The Bertz CT molecular complexity index is 650. The number of hydrogen-bond donors (Lipinski definition) is 2. The summed E-state index contributed by atoms with van der Waals surface area (Å²) in [6.45, 7) is 1.87. The van der Waals surface area contributed by atoms with E-state index in [9.17, 15) is 17.6 Å². The summed E-state index contributed by atoms with van der Waals surface area (Å²) >= 11 is 0. The predicted molar refractivity (Wildman–Crippen MR) is 80.4 cm³/mol. The third-order valence-electron chi connectivity index (χ3n) is 3.64. The summed E-state index contributed by atoms with van der Waals surface area (Å²) in [5, 5.41) is 0. The SMILES string of the molecule is Cc1cccc(S(=O)(=O)NC[C@@H]2C[C@H](F)CN2CC(N)=O)c1. The Labute approximate surface area is 129 Å². The van der Waals surface area contributed by atoms with Gasteiger partial charge in [-0.2, -0.15) is 0 Å². The first kappa shape index (κ1) is 16.9. The average Bonchev–Trinajstić information content (AvgIpc) is 2.76. The number of likely N-dealkylation sites (tertiary alicyclic amines) is 1. The zero-order valence-electron chi connectivity index (χ0n) is 12.3. The molecule has 1 fully saturated rings. The molecule has 0 unspecified atom stereocenters. The van der Waals surface area contributed by atoms with E-state index in [0.717, 1.165) is 5.56 Å². The molecule has 1 saturated heterocycles. The highest BCUT2D eigenvalue weighted by molar-refractivity contribution is 7.89. The van der Waals surface area contributed by atoms with Gasteiger partial charge in [0.2, 0.25) is 15.9 Å². The summed E-state index contributed by atoms with van der Waals surface area (Å²) < 4.78 is 40.5. The summed E-state index contributed by atoms with van der Waals surface area (Å²) in [6, 6.07) is 6.16. The first-order valence-corrected chi connectivity index (χ1v) is 8.49. The molecule has 2 rings (SSSR count). The van der Waals surface area contributed by atoms with Gasteiger partial charge in [-0.25, -0.2) is 17.5 Å². The topological polar surface area (TPSA) is 92.5 Å². The van der Waals surface area contributed by atoms with E-state index < -0.39 is 22.1 Å². The molecular formula is C14H20FN3O3S. The number of alkyl halides is 1. The molecule has 1 amide bonds. The van der Waals surface area contributed by atoms with Crippen LogP contribution in [-0.2, 0) is 14.8 Å². The molecule has 0 radical (unpaired) electrons. The summed E-state index contributed by atoms with van der Waals surface area (Å²) in [7, 11) is -3.65. The van der Waals surface area contributed by atoms with Gasteiger partial charge in [0.25, 0.3) is 0 Å². The molecule has 122 valence electrons. The molecule has 1 aromatic rings. The minimum atomic E-state index is -3.65. The number of rotatable bonds is 6. The van der Waals surface area contributed by atoms with Crippen molar-refractivity contribution in [3.8, 4) is 0 Å². The number of aryl methyl sites for hydroxylation is 1. The number of nitrogens with zero attached hydrogens (tertiary/aromatic N) is 1. The standard InChI is InChI=1S/C14H20FN3O3S/c1-10-3-2-4-13(5-10)22(20,21)17-7-12-6-11(15)8-18(12)9-14(16)19/h2-5,11-12,17H,6-9H2,1H3,(H2,16,19)/t11-,12-/m0/s1. The van der Waals surface area contributed by atoms with Crippen molar-refractivity contribution in [2.45, 2.75) is 30.5 Å². The van der Waals surface area contributed by atoms with E-state index in [1.807, 2.05) is 0 Å². The van der Waals surface area contributed by atoms with Gasteiger partial charge in [-0.05, 0) is 31.0 Å². The molecule has 6 nitrogen and oxygen atoms in total. The monoisotopic (exact) mass is 329 g/mol. The van der Waals surface area contributed by atoms with Crippen LogP contribution in [0.1, 0.15) is 12.0 Å². The van der Waals surface area contributed by atoms with E-state index in [-0.39, 0.29) is 37.0 Å². The van der Waals surface area contributed by atoms with Crippen LogP contribution in [0.4, 0.5) is 4.39 Å². The molecule has 2 atom stereocenters. The lowest BCUT2D eigenvalue weighted by atomic mass is 10.2. The molecule has 8 heteroatoms. The first-order valence-electron chi connectivity index (χ1n) is 7.00. The lowest BCUT2D eigenvalue weighted by Gasteiger charge is -2.22. The van der Waals surface area contributed by atoms with Crippen molar-refractivity contribution in [2.24, 2.45) is 5.73 Å². The minimum absolute atomic E-state index is 0.0456. The van der Waals surface area contributed by atoms with Crippen molar-refractivity contribution in [1.29, 1.82) is 0 Å². The van der Waals surface area contributed by atoms with Gasteiger partial charge in [-0.3, -0.25) is 9.69 Å². The highest BCUT2D eigenvalue weighted by atomic mass is 32.2. The van der Waals surface area contributed by atoms with Gasteiger partial charge < -0.3 is 5.73 Å². The number of primary amides is 1. The predicted octanol–water partition coefficient (Wildman–Crippen LogP) is 0.171. The largest absolute Gasteiger partial charge is 0.369 e. The molecule has 1 heterocycles. The van der Waals surface area contributed by atoms with E-state index in [0.29, 0.717) is 0 Å². The fourth-order valence-corrected chi connectivity index (χ4v) is 3.78. The molecule has 3 N–H and O–H groups in total. The number of carbonyl (C=O) groups excluding carboxylic acids is 1. The molecule has 1 aliphatic rings. The van der Waals surface area contributed by atoms with Crippen molar-refractivity contribution in [1.82, 2.24) is 9.62 Å². The molecule has 0 bridgehead atoms. The van der Waals surface area contributed by atoms with Gasteiger partial charge >= 0.3 is 0 Å². The third-order valence-corrected chi connectivity index (χ3v) is 5.07. The Kier molecular flexibility index (Phi) is 5.15. The Morgan fingerprint density at radius 2 is 2.23 bits per heavy atom. The van der Waals surface area contributed by atoms with Crippen LogP contribution in [0.3, 0.4) is 0 Å². The maximum Gasteiger partial charge on any atom is 0.240 e. The third kappa shape index (κ3) is 4.25. The van der Waals surface area contributed by atoms with Crippen LogP contribution in [0.2, 0.25) is 0 Å². The second-order valence-electron chi connectivity index (χ2n) is 5.55. The van der Waals surface area contributed by atoms with Crippen molar-refractivity contribution < 1.29 is 17.6 Å². The van der Waals surface area contributed by atoms with Crippen molar-refractivity contribution in [3.05, 3.63) is 29.8 Å². The van der Waals surface area contributed by atoms with Gasteiger partial charge in [0, 0.05) is 19.1 Å². The van der Waals surface area contributed by atoms with Gasteiger partial charge in [-0.15, -0.1) is 0 Å². The average molecular weight is 329 g/mol. The molecule has 1 aromatic carbocycles. The Morgan fingerprint density at radius 1 is 1.50 bits per heavy atom. The number of carbonyl (C=O) groups is 1. The van der Waals surface area contributed by atoms with Crippen molar-refractivity contribution >= 4 is 15.9 Å². The van der Waals surface area contributed by atoms with Crippen LogP contribution in [0.15, 0.2) is 29.2 Å². The van der Waals surface area contributed by atoms with Gasteiger partial charge in [0.05, 0.1) is 11.4 Å². The quantitative estimate of drug-likeness (QED) is 0.778. The van der Waals surface area contributed by atoms with Crippen molar-refractivity contribution in [3.63, 3.8) is 0 Å². The highest BCUT2D eigenvalue weighted by Crippen LogP contribution is 2.20. The van der Waals surface area contributed by atoms with Crippen molar-refractivity contribution in [2.75, 3.05) is 19.6 Å². The summed E-state index contributed by atoms with van der Waals surface area (Å²) in [5.74, 6) is -0.555. The van der Waals surface area contributed by atoms with E-state index in [1.165, 1.54) is 6.07 Å². The summed E-state index contributed by atoms with van der Waals surface area (Å²) in [5.41, 5.74) is 5.96. The zero-order chi connectivity index (χ0) is 16.3. The Hall–Kier alpha value is -1.51. The second-order valence-corrected chi connectivity index (χ2v) is 7.32. The number of halogens is 1. The van der Waals surface area contributed by atoms with Crippen LogP contribution in [0.25, 0.3) is 0 Å². The summed E-state index contributed by atoms with van der Waals surface area (Å²) in [4.78, 5) is 12.7. The number of hydrogen-bond acceptors (Lipinski definition) is 4. The van der Waals surface area contributed by atoms with Gasteiger partial charge in [0.1, 0.15) is 6.17 Å². The number of sulfonamides is 1. The zero-order valence-corrected chi connectivity index (χ0v) is 13.1. The van der Waals surface area contributed by atoms with Gasteiger partial charge in [-0.1, -0.05) is 12.1 Å². The fourth-order valence-electron chi connectivity index (χ4n) is 2.60. The molecule has 0 saturated carbocycles. The Morgan fingerprint density at radius 3 is 2.86 bits per heavy atom. The second kappa shape index (κ2) is 6.72. The van der Waals surface area contributed by atoms with E-state index in [4.69, 9.17) is 5.73 Å². The molecule has 0 spiro atoms. The van der Waals surface area contributed by atoms with Crippen LogP contribution >= 0.6 is 0 Å². The number of amides is 1. The molecule has 22 heavy (non-hydrogen) atoms. The van der Waals surface area contributed by atoms with Crippen LogP contribution in [-0.4, -0.2) is 51.1 Å². The van der Waals surface area contributed by atoms with E-state index >= 15 is 0 Å².